The van der Waals surface area contributed by atoms with Crippen molar-refractivity contribution in [2.75, 3.05) is 5.75 Å². The van der Waals surface area contributed by atoms with Gasteiger partial charge in [-0.05, 0) is 0 Å². The van der Waals surface area contributed by atoms with E-state index in [4.69, 9.17) is 0 Å². The van der Waals surface area contributed by atoms with Crippen molar-refractivity contribution in [2.24, 2.45) is 0 Å². The van der Waals surface area contributed by atoms with Gasteiger partial charge in [0.15, 0.2) is 18.7 Å². The highest BCUT2D eigenvalue weighted by Gasteiger charge is 2.23. The molecule has 0 amide bonds. The molecular formula is C9H8Br2O3S. The fourth-order valence-corrected chi connectivity index (χ4v) is 2.40. The zero-order valence-corrected chi connectivity index (χ0v) is 11.5. The maximum atomic E-state index is 11.5. The van der Waals surface area contributed by atoms with E-state index in [1.807, 2.05) is 0 Å². The molecule has 0 fully saturated rings. The molecule has 6 heteroatoms. The maximum Gasteiger partial charge on any atom is 0.180 e. The lowest BCUT2D eigenvalue weighted by Gasteiger charge is -2.04. The average molecular weight is 356 g/mol. The highest BCUT2D eigenvalue weighted by atomic mass is 79.9. The number of halogens is 2. The lowest BCUT2D eigenvalue weighted by molar-refractivity contribution is 0.102. The van der Waals surface area contributed by atoms with E-state index in [0.29, 0.717) is 5.56 Å². The summed E-state index contributed by atoms with van der Waals surface area (Å²) in [6.07, 6.45) is 0. The summed E-state index contributed by atoms with van der Waals surface area (Å²) < 4.78 is 21.9. The molecule has 0 aliphatic heterocycles. The minimum absolute atomic E-state index is 0.403. The first kappa shape index (κ1) is 12.9. The van der Waals surface area contributed by atoms with Crippen molar-refractivity contribution in [1.82, 2.24) is 0 Å². The molecular weight excluding hydrogens is 348 g/mol. The average Bonchev–Trinajstić information content (AvgIpc) is 2.18. The summed E-state index contributed by atoms with van der Waals surface area (Å²) in [6, 6.07) is 8.34. The summed E-state index contributed by atoms with van der Waals surface area (Å²) in [5, 5.41) is 0. The second kappa shape index (κ2) is 5.23. The van der Waals surface area contributed by atoms with Crippen LogP contribution in [-0.2, 0) is 9.84 Å². The molecule has 0 atom stereocenters. The van der Waals surface area contributed by atoms with Crippen LogP contribution in [0.2, 0.25) is 0 Å². The molecule has 15 heavy (non-hydrogen) atoms. The first-order valence-electron chi connectivity index (χ1n) is 4.01. The van der Waals surface area contributed by atoms with E-state index in [1.54, 1.807) is 30.3 Å². The summed E-state index contributed by atoms with van der Waals surface area (Å²) >= 11 is 5.75. The van der Waals surface area contributed by atoms with Crippen LogP contribution in [-0.4, -0.2) is 23.0 Å². The number of alkyl halides is 2. The predicted octanol–water partition coefficient (Wildman–Crippen LogP) is 2.36. The molecule has 0 spiro atoms. The van der Waals surface area contributed by atoms with E-state index in [0.717, 1.165) is 0 Å². The molecule has 1 aromatic carbocycles. The topological polar surface area (TPSA) is 51.2 Å². The highest BCUT2D eigenvalue weighted by Crippen LogP contribution is 2.18. The molecule has 0 aliphatic carbocycles. The smallest absolute Gasteiger partial charge is 0.180 e. The Morgan fingerprint density at radius 2 is 1.73 bits per heavy atom. The first-order chi connectivity index (χ1) is 6.93. The molecule has 0 bridgehead atoms. The van der Waals surface area contributed by atoms with Crippen molar-refractivity contribution in [3.8, 4) is 0 Å². The molecule has 0 aromatic heterocycles. The van der Waals surface area contributed by atoms with E-state index >= 15 is 0 Å². The number of benzene rings is 1. The van der Waals surface area contributed by atoms with Gasteiger partial charge in [-0.2, -0.15) is 0 Å². The number of sulfone groups is 1. The van der Waals surface area contributed by atoms with Gasteiger partial charge in [-0.25, -0.2) is 8.42 Å². The second-order valence-electron chi connectivity index (χ2n) is 2.86. The summed E-state index contributed by atoms with van der Waals surface area (Å²) in [6.45, 7) is 0. The van der Waals surface area contributed by atoms with Crippen molar-refractivity contribution in [3.05, 3.63) is 35.9 Å². The molecule has 0 radical (unpaired) electrons. The van der Waals surface area contributed by atoms with Crippen molar-refractivity contribution >= 4 is 47.5 Å². The van der Waals surface area contributed by atoms with Gasteiger partial charge in [0.2, 0.25) is 0 Å². The van der Waals surface area contributed by atoms with Gasteiger partial charge >= 0.3 is 0 Å². The standard InChI is InChI=1S/C9H8Br2O3S/c10-9(11)15(13,14)6-8(12)7-4-2-1-3-5-7/h1-5,9H,6H2. The van der Waals surface area contributed by atoms with Crippen LogP contribution in [0.4, 0.5) is 0 Å². The monoisotopic (exact) mass is 354 g/mol. The summed E-state index contributed by atoms with van der Waals surface area (Å²) in [7, 11) is -3.46. The van der Waals surface area contributed by atoms with Crippen LogP contribution < -0.4 is 0 Å². The third kappa shape index (κ3) is 3.70. The SMILES string of the molecule is O=C(CS(=O)(=O)C(Br)Br)c1ccccc1. The van der Waals surface area contributed by atoms with Gasteiger partial charge in [0, 0.05) is 5.56 Å². The molecule has 0 N–H and O–H groups in total. The van der Waals surface area contributed by atoms with Gasteiger partial charge in [0.05, 0.1) is 0 Å². The number of Topliss-reactive ketones (excluding diaryl/α,β-unsaturated/α-hetero) is 1. The fraction of sp³-hybridized carbons (Fsp3) is 0.222. The summed E-state index contributed by atoms with van der Waals surface area (Å²) in [5.41, 5.74) is 0.404. The van der Waals surface area contributed by atoms with Crippen LogP contribution in [0.15, 0.2) is 30.3 Å². The van der Waals surface area contributed by atoms with Crippen LogP contribution in [0.5, 0.6) is 0 Å². The van der Waals surface area contributed by atoms with Crippen molar-refractivity contribution in [1.29, 1.82) is 0 Å². The van der Waals surface area contributed by atoms with Gasteiger partial charge in [-0.1, -0.05) is 62.2 Å². The Hall–Kier alpha value is -0.200. The molecule has 0 unspecified atom stereocenters. The third-order valence-corrected chi connectivity index (χ3v) is 6.32. The zero-order chi connectivity index (χ0) is 11.5. The van der Waals surface area contributed by atoms with Gasteiger partial charge in [-0.15, -0.1) is 0 Å². The van der Waals surface area contributed by atoms with Crippen LogP contribution in [0, 0.1) is 0 Å². The van der Waals surface area contributed by atoms with E-state index < -0.39 is 24.4 Å². The van der Waals surface area contributed by atoms with E-state index in [9.17, 15) is 13.2 Å². The molecule has 0 heterocycles. The lowest BCUT2D eigenvalue weighted by atomic mass is 10.2. The number of carbonyl (C=O) groups excluding carboxylic acids is 1. The number of ketones is 1. The largest absolute Gasteiger partial charge is 0.293 e. The Bertz CT molecular complexity index is 440. The van der Waals surface area contributed by atoms with Crippen LogP contribution in [0.25, 0.3) is 0 Å². The third-order valence-electron chi connectivity index (χ3n) is 1.70. The maximum absolute atomic E-state index is 11.5. The first-order valence-corrected chi connectivity index (χ1v) is 7.56. The Labute approximate surface area is 105 Å². The molecule has 82 valence electrons. The zero-order valence-electron chi connectivity index (χ0n) is 7.56. The van der Waals surface area contributed by atoms with Crippen molar-refractivity contribution < 1.29 is 13.2 Å². The van der Waals surface area contributed by atoms with Crippen molar-refractivity contribution in [2.45, 2.75) is 3.07 Å². The minimum atomic E-state index is -3.46. The van der Waals surface area contributed by atoms with Crippen LogP contribution in [0.3, 0.4) is 0 Å². The highest BCUT2D eigenvalue weighted by molar-refractivity contribution is 9.27. The Morgan fingerprint density at radius 3 is 2.20 bits per heavy atom. The molecule has 0 saturated heterocycles. The molecule has 3 nitrogen and oxygen atoms in total. The minimum Gasteiger partial charge on any atom is -0.293 e. The Balaban J connectivity index is 2.82. The normalized spacial score (nSPS) is 11.7. The van der Waals surface area contributed by atoms with Gasteiger partial charge < -0.3 is 0 Å². The van der Waals surface area contributed by atoms with E-state index in [-0.39, 0.29) is 0 Å². The Morgan fingerprint density at radius 1 is 1.20 bits per heavy atom. The van der Waals surface area contributed by atoms with Gasteiger partial charge in [-0.3, -0.25) is 4.79 Å². The fourth-order valence-electron chi connectivity index (χ4n) is 0.953. The summed E-state index contributed by atoms with van der Waals surface area (Å²) in [5.74, 6) is -0.905. The molecule has 0 aliphatic rings. The number of hydrogen-bond acceptors (Lipinski definition) is 3. The summed E-state index contributed by atoms with van der Waals surface area (Å²) in [4.78, 5) is 11.5. The molecule has 0 saturated carbocycles. The second-order valence-corrected chi connectivity index (χ2v) is 9.22. The van der Waals surface area contributed by atoms with Gasteiger partial charge in [0.25, 0.3) is 0 Å². The van der Waals surface area contributed by atoms with E-state index in [2.05, 4.69) is 31.9 Å². The van der Waals surface area contributed by atoms with Crippen LogP contribution in [0.1, 0.15) is 10.4 Å². The predicted molar refractivity (Wildman–Crippen MR) is 66.2 cm³/mol. The Kier molecular flexibility index (Phi) is 4.48. The van der Waals surface area contributed by atoms with Gasteiger partial charge in [0.1, 0.15) is 5.75 Å². The molecule has 1 rings (SSSR count). The number of hydrogen-bond donors (Lipinski definition) is 0. The van der Waals surface area contributed by atoms with Crippen LogP contribution >= 0.6 is 31.9 Å². The van der Waals surface area contributed by atoms with Crippen molar-refractivity contribution in [3.63, 3.8) is 0 Å². The number of carbonyl (C=O) groups is 1. The van der Waals surface area contributed by atoms with E-state index in [1.165, 1.54) is 0 Å². The molecule has 1 aromatic rings. The quantitative estimate of drug-likeness (QED) is 0.615. The lowest BCUT2D eigenvalue weighted by Crippen LogP contribution is -2.20. The number of rotatable bonds is 4.